The monoisotopic (exact) mass is 404 g/mol. The Morgan fingerprint density at radius 2 is 2.00 bits per heavy atom. The Hall–Kier alpha value is -2.54. The number of thiophene rings is 1. The van der Waals surface area contributed by atoms with E-state index < -0.39 is 0 Å². The zero-order valence-corrected chi connectivity index (χ0v) is 17.7. The van der Waals surface area contributed by atoms with Gasteiger partial charge in [-0.1, -0.05) is 26.0 Å². The predicted molar refractivity (Wildman–Crippen MR) is 111 cm³/mol. The van der Waals surface area contributed by atoms with Gasteiger partial charge in [0, 0.05) is 13.6 Å². The van der Waals surface area contributed by atoms with Crippen LogP contribution in [-0.2, 0) is 11.3 Å². The molecule has 152 valence electrons. The molecule has 0 radical (unpaired) electrons. The summed E-state index contributed by atoms with van der Waals surface area (Å²) >= 11 is 1.36. The maximum absolute atomic E-state index is 12.2. The molecule has 2 amide bonds. The van der Waals surface area contributed by atoms with Crippen molar-refractivity contribution in [3.63, 3.8) is 0 Å². The molecule has 0 atom stereocenters. The summed E-state index contributed by atoms with van der Waals surface area (Å²) in [5.41, 5.74) is 0.897. The smallest absolute Gasteiger partial charge is 0.264 e. The lowest BCUT2D eigenvalue weighted by atomic mass is 10.1. The number of rotatable bonds is 10. The Labute approximate surface area is 170 Å². The fraction of sp³-hybridized carbons (Fsp3) is 0.429. The van der Waals surface area contributed by atoms with Crippen LogP contribution in [0.1, 0.15) is 35.5 Å². The number of nitrogens with zero attached hydrogens (tertiary/aromatic N) is 1. The van der Waals surface area contributed by atoms with Crippen molar-refractivity contribution in [3.8, 4) is 11.5 Å². The van der Waals surface area contributed by atoms with Gasteiger partial charge in [-0.3, -0.25) is 9.59 Å². The first kappa shape index (κ1) is 21.8. The molecule has 6 nitrogen and oxygen atoms in total. The first-order valence-electron chi connectivity index (χ1n) is 9.26. The summed E-state index contributed by atoms with van der Waals surface area (Å²) in [5.74, 6) is 1.53. The average molecular weight is 405 g/mol. The van der Waals surface area contributed by atoms with Gasteiger partial charge in [-0.05, 0) is 41.5 Å². The fourth-order valence-corrected chi connectivity index (χ4v) is 3.20. The van der Waals surface area contributed by atoms with Crippen LogP contribution in [0.5, 0.6) is 11.5 Å². The third-order valence-electron chi connectivity index (χ3n) is 4.13. The second kappa shape index (κ2) is 10.7. The van der Waals surface area contributed by atoms with Crippen LogP contribution in [0.25, 0.3) is 0 Å². The zero-order valence-electron chi connectivity index (χ0n) is 16.9. The van der Waals surface area contributed by atoms with Gasteiger partial charge in [0.15, 0.2) is 11.5 Å². The molecular weight excluding hydrogens is 376 g/mol. The number of ether oxygens (including phenoxy) is 2. The number of carbonyl (C=O) groups excluding carboxylic acids is 2. The van der Waals surface area contributed by atoms with E-state index in [1.165, 1.54) is 16.2 Å². The average Bonchev–Trinajstić information content (AvgIpc) is 3.20. The van der Waals surface area contributed by atoms with Crippen LogP contribution in [0.2, 0.25) is 0 Å². The molecule has 2 rings (SSSR count). The highest BCUT2D eigenvalue weighted by Crippen LogP contribution is 2.28. The minimum Gasteiger partial charge on any atom is -0.493 e. The van der Waals surface area contributed by atoms with Crippen LogP contribution in [-0.4, -0.2) is 44.0 Å². The number of amides is 2. The van der Waals surface area contributed by atoms with Crippen molar-refractivity contribution in [2.24, 2.45) is 5.92 Å². The SMILES string of the molecule is COc1cc(CNC(=O)CN(C)C(=O)c2cccs2)ccc1OCCC(C)C. The predicted octanol–water partition coefficient (Wildman–Crippen LogP) is 3.57. The molecule has 0 aliphatic heterocycles. The molecule has 0 spiro atoms. The highest BCUT2D eigenvalue weighted by molar-refractivity contribution is 7.12. The number of carbonyl (C=O) groups is 2. The summed E-state index contributed by atoms with van der Waals surface area (Å²) in [6.07, 6.45) is 0.971. The lowest BCUT2D eigenvalue weighted by Crippen LogP contribution is -2.37. The van der Waals surface area contributed by atoms with Gasteiger partial charge in [-0.15, -0.1) is 11.3 Å². The summed E-state index contributed by atoms with van der Waals surface area (Å²) in [7, 11) is 3.21. The van der Waals surface area contributed by atoms with Crippen molar-refractivity contribution >= 4 is 23.2 Å². The molecule has 0 fully saturated rings. The molecule has 0 saturated carbocycles. The molecule has 7 heteroatoms. The van der Waals surface area contributed by atoms with E-state index in [1.807, 2.05) is 29.6 Å². The van der Waals surface area contributed by atoms with E-state index in [-0.39, 0.29) is 18.4 Å². The van der Waals surface area contributed by atoms with E-state index in [0.717, 1.165) is 12.0 Å². The fourth-order valence-electron chi connectivity index (χ4n) is 2.48. The Morgan fingerprint density at radius 3 is 2.64 bits per heavy atom. The molecule has 1 aromatic heterocycles. The molecule has 0 aliphatic rings. The van der Waals surface area contributed by atoms with E-state index in [4.69, 9.17) is 9.47 Å². The molecule has 2 aromatic rings. The van der Waals surface area contributed by atoms with Crippen LogP contribution in [0.4, 0.5) is 0 Å². The van der Waals surface area contributed by atoms with Gasteiger partial charge in [0.2, 0.25) is 5.91 Å². The summed E-state index contributed by atoms with van der Waals surface area (Å²) in [5, 5.41) is 4.67. The number of hydrogen-bond acceptors (Lipinski definition) is 5. The summed E-state index contributed by atoms with van der Waals surface area (Å²) in [4.78, 5) is 26.4. The van der Waals surface area contributed by atoms with E-state index in [9.17, 15) is 9.59 Å². The van der Waals surface area contributed by atoms with Crippen molar-refractivity contribution < 1.29 is 19.1 Å². The summed E-state index contributed by atoms with van der Waals surface area (Å²) in [6.45, 7) is 5.29. The van der Waals surface area contributed by atoms with Gasteiger partial charge in [0.05, 0.1) is 25.1 Å². The molecular formula is C21H28N2O4S. The largest absolute Gasteiger partial charge is 0.493 e. The number of methoxy groups -OCH3 is 1. The highest BCUT2D eigenvalue weighted by Gasteiger charge is 2.15. The first-order chi connectivity index (χ1) is 13.4. The third-order valence-corrected chi connectivity index (χ3v) is 4.99. The molecule has 0 saturated heterocycles. The summed E-state index contributed by atoms with van der Waals surface area (Å²) < 4.78 is 11.2. The van der Waals surface area contributed by atoms with Crippen LogP contribution >= 0.6 is 11.3 Å². The maximum Gasteiger partial charge on any atom is 0.264 e. The Kier molecular flexibility index (Phi) is 8.32. The van der Waals surface area contributed by atoms with E-state index in [2.05, 4.69) is 19.2 Å². The van der Waals surface area contributed by atoms with Crippen LogP contribution in [0.3, 0.4) is 0 Å². The summed E-state index contributed by atoms with van der Waals surface area (Å²) in [6, 6.07) is 9.17. The molecule has 0 bridgehead atoms. The standard InChI is InChI=1S/C21H28N2O4S/c1-15(2)9-10-27-17-8-7-16(12-18(17)26-4)13-22-20(24)14-23(3)21(25)19-6-5-11-28-19/h5-8,11-12,15H,9-10,13-14H2,1-4H3,(H,22,24). The van der Waals surface area contributed by atoms with Gasteiger partial charge >= 0.3 is 0 Å². The van der Waals surface area contributed by atoms with Crippen LogP contribution in [0, 0.1) is 5.92 Å². The molecule has 1 heterocycles. The molecule has 28 heavy (non-hydrogen) atoms. The lowest BCUT2D eigenvalue weighted by molar-refractivity contribution is -0.121. The Bertz CT molecular complexity index is 775. The molecule has 1 aromatic carbocycles. The zero-order chi connectivity index (χ0) is 20.5. The quantitative estimate of drug-likeness (QED) is 0.657. The topological polar surface area (TPSA) is 67.9 Å². The maximum atomic E-state index is 12.2. The highest BCUT2D eigenvalue weighted by atomic mass is 32.1. The second-order valence-electron chi connectivity index (χ2n) is 6.93. The molecule has 0 unspecified atom stereocenters. The Morgan fingerprint density at radius 1 is 1.21 bits per heavy atom. The van der Waals surface area contributed by atoms with Gasteiger partial charge in [0.1, 0.15) is 0 Å². The van der Waals surface area contributed by atoms with Gasteiger partial charge in [-0.2, -0.15) is 0 Å². The van der Waals surface area contributed by atoms with E-state index in [0.29, 0.717) is 35.4 Å². The van der Waals surface area contributed by atoms with E-state index in [1.54, 1.807) is 20.2 Å². The van der Waals surface area contributed by atoms with E-state index >= 15 is 0 Å². The second-order valence-corrected chi connectivity index (χ2v) is 7.88. The van der Waals surface area contributed by atoms with Crippen LogP contribution < -0.4 is 14.8 Å². The van der Waals surface area contributed by atoms with Gasteiger partial charge in [0.25, 0.3) is 5.91 Å². The van der Waals surface area contributed by atoms with Crippen molar-refractivity contribution in [1.82, 2.24) is 10.2 Å². The van der Waals surface area contributed by atoms with Gasteiger partial charge in [-0.25, -0.2) is 0 Å². The van der Waals surface area contributed by atoms with Crippen molar-refractivity contribution in [3.05, 3.63) is 46.2 Å². The number of likely N-dealkylation sites (N-methyl/N-ethyl adjacent to an activating group) is 1. The van der Waals surface area contributed by atoms with Crippen molar-refractivity contribution in [1.29, 1.82) is 0 Å². The normalized spacial score (nSPS) is 10.6. The number of nitrogens with one attached hydrogen (secondary N) is 1. The minimum absolute atomic E-state index is 0.00423. The molecule has 0 aliphatic carbocycles. The number of benzene rings is 1. The third kappa shape index (κ3) is 6.56. The van der Waals surface area contributed by atoms with Crippen LogP contribution in [0.15, 0.2) is 35.7 Å². The minimum atomic E-state index is -0.219. The Balaban J connectivity index is 1.85. The molecule has 1 N–H and O–H groups in total. The number of hydrogen-bond donors (Lipinski definition) is 1. The lowest BCUT2D eigenvalue weighted by Gasteiger charge is -2.16. The van der Waals surface area contributed by atoms with Crippen molar-refractivity contribution in [2.45, 2.75) is 26.8 Å². The first-order valence-corrected chi connectivity index (χ1v) is 10.1. The van der Waals surface area contributed by atoms with Crippen molar-refractivity contribution in [2.75, 3.05) is 27.3 Å². The van der Waals surface area contributed by atoms with Gasteiger partial charge < -0.3 is 19.7 Å².